The second-order valence-corrected chi connectivity index (χ2v) is 3.75. The number of hydrogen-bond donors (Lipinski definition) is 2. The van der Waals surface area contributed by atoms with Crippen LogP contribution in [0.5, 0.6) is 0 Å². The largest absolute Gasteiger partial charge is 0.378 e. The number of nitrogens with zero attached hydrogens (tertiary/aromatic N) is 4. The molecule has 16 heavy (non-hydrogen) atoms. The highest BCUT2D eigenvalue weighted by Gasteiger charge is 2.28. The van der Waals surface area contributed by atoms with Gasteiger partial charge < -0.3 is 4.74 Å². The van der Waals surface area contributed by atoms with Crippen LogP contribution in [0.25, 0.3) is 11.5 Å². The zero-order chi connectivity index (χ0) is 11.0. The summed E-state index contributed by atoms with van der Waals surface area (Å²) < 4.78 is 5.60. The van der Waals surface area contributed by atoms with Gasteiger partial charge >= 0.3 is 0 Å². The fourth-order valence-electron chi connectivity index (χ4n) is 2.12. The van der Waals surface area contributed by atoms with E-state index in [2.05, 4.69) is 30.8 Å². The molecule has 2 aromatic heterocycles. The molecule has 3 rings (SSSR count). The Hall–Kier alpha value is -1.76. The van der Waals surface area contributed by atoms with Crippen molar-refractivity contribution in [3.8, 4) is 11.5 Å². The summed E-state index contributed by atoms with van der Waals surface area (Å²) in [7, 11) is 0. The van der Waals surface area contributed by atoms with Crippen molar-refractivity contribution in [3.63, 3.8) is 0 Å². The molecule has 0 spiro atoms. The van der Waals surface area contributed by atoms with E-state index in [-0.39, 0.29) is 6.10 Å². The van der Waals surface area contributed by atoms with E-state index in [1.54, 1.807) is 0 Å². The van der Waals surface area contributed by atoms with Crippen LogP contribution in [0.4, 0.5) is 0 Å². The van der Waals surface area contributed by atoms with Crippen LogP contribution in [0.2, 0.25) is 0 Å². The molecular weight excluding hydrogens is 208 g/mol. The molecule has 2 aromatic rings. The number of hydrogen-bond acceptors (Lipinski definition) is 5. The van der Waals surface area contributed by atoms with Gasteiger partial charge in [0, 0.05) is 30.7 Å². The van der Waals surface area contributed by atoms with Crippen LogP contribution in [0.1, 0.15) is 18.2 Å². The summed E-state index contributed by atoms with van der Waals surface area (Å²) in [5.41, 5.74) is 3.06. The lowest BCUT2D eigenvalue weighted by Gasteiger charge is -2.08. The fourth-order valence-corrected chi connectivity index (χ4v) is 2.12. The van der Waals surface area contributed by atoms with Gasteiger partial charge in [0.2, 0.25) is 5.82 Å². The summed E-state index contributed by atoms with van der Waals surface area (Å²) in [4.78, 5) is 0. The van der Waals surface area contributed by atoms with E-state index >= 15 is 0 Å². The molecule has 2 heterocycles. The van der Waals surface area contributed by atoms with Gasteiger partial charge in [-0.25, -0.2) is 0 Å². The molecule has 1 aliphatic carbocycles. The lowest BCUT2D eigenvalue weighted by Crippen LogP contribution is -2.13. The summed E-state index contributed by atoms with van der Waals surface area (Å²) in [5, 5.41) is 21.1. The molecule has 0 bridgehead atoms. The maximum atomic E-state index is 5.60. The van der Waals surface area contributed by atoms with Crippen LogP contribution in [0.15, 0.2) is 0 Å². The minimum absolute atomic E-state index is 0.250. The molecule has 1 aliphatic rings. The van der Waals surface area contributed by atoms with Gasteiger partial charge in [-0.15, -0.1) is 10.2 Å². The summed E-state index contributed by atoms with van der Waals surface area (Å²) in [6.45, 7) is 2.74. The third-order valence-electron chi connectivity index (χ3n) is 2.78. The second kappa shape index (κ2) is 3.67. The Morgan fingerprint density at radius 1 is 1.38 bits per heavy atom. The number of fused-ring (bicyclic) bond motifs is 1. The zero-order valence-corrected chi connectivity index (χ0v) is 8.90. The molecular formula is C9H12N6O. The first-order valence-electron chi connectivity index (χ1n) is 5.30. The molecule has 1 unspecified atom stereocenters. The summed E-state index contributed by atoms with van der Waals surface area (Å²) in [6.07, 6.45) is 2.00. The standard InChI is InChI=1S/C9H12N6O/c1-2-16-5-3-6-7(4-5)10-11-8(6)9-12-14-15-13-9/h5H,2-4H2,1H3,(H,10,11)(H,12,13,14,15). The molecule has 0 amide bonds. The van der Waals surface area contributed by atoms with E-state index in [1.807, 2.05) is 6.92 Å². The van der Waals surface area contributed by atoms with Crippen molar-refractivity contribution in [1.29, 1.82) is 0 Å². The third kappa shape index (κ3) is 1.40. The number of rotatable bonds is 3. The van der Waals surface area contributed by atoms with Crippen LogP contribution in [-0.2, 0) is 17.6 Å². The smallest absolute Gasteiger partial charge is 0.225 e. The Morgan fingerprint density at radius 3 is 3.06 bits per heavy atom. The summed E-state index contributed by atoms with van der Waals surface area (Å²) in [6, 6.07) is 0. The van der Waals surface area contributed by atoms with Crippen molar-refractivity contribution in [3.05, 3.63) is 11.3 Å². The molecule has 0 aliphatic heterocycles. The molecule has 7 heteroatoms. The molecule has 0 saturated carbocycles. The van der Waals surface area contributed by atoms with Crippen LogP contribution in [0.3, 0.4) is 0 Å². The molecule has 0 saturated heterocycles. The second-order valence-electron chi connectivity index (χ2n) is 3.75. The third-order valence-corrected chi connectivity index (χ3v) is 2.78. The lowest BCUT2D eigenvalue weighted by atomic mass is 10.2. The average molecular weight is 220 g/mol. The molecule has 0 aromatic carbocycles. The van der Waals surface area contributed by atoms with Gasteiger partial charge in [0.15, 0.2) is 0 Å². The van der Waals surface area contributed by atoms with Gasteiger partial charge in [0.1, 0.15) is 5.69 Å². The first kappa shape index (κ1) is 9.46. The highest BCUT2D eigenvalue weighted by molar-refractivity contribution is 5.56. The van der Waals surface area contributed by atoms with E-state index < -0.39 is 0 Å². The number of aromatic amines is 2. The van der Waals surface area contributed by atoms with Gasteiger partial charge in [0.25, 0.3) is 0 Å². The fraction of sp³-hybridized carbons (Fsp3) is 0.556. The van der Waals surface area contributed by atoms with Crippen molar-refractivity contribution in [2.75, 3.05) is 6.61 Å². The van der Waals surface area contributed by atoms with Crippen LogP contribution < -0.4 is 0 Å². The lowest BCUT2D eigenvalue weighted by molar-refractivity contribution is 0.0703. The van der Waals surface area contributed by atoms with E-state index in [0.717, 1.165) is 36.4 Å². The Bertz CT molecular complexity index is 476. The van der Waals surface area contributed by atoms with Crippen LogP contribution in [-0.4, -0.2) is 43.5 Å². The first-order valence-corrected chi connectivity index (χ1v) is 5.30. The van der Waals surface area contributed by atoms with Gasteiger partial charge in [-0.2, -0.15) is 10.3 Å². The minimum atomic E-state index is 0.250. The molecule has 7 nitrogen and oxygen atoms in total. The topological polar surface area (TPSA) is 92.4 Å². The summed E-state index contributed by atoms with van der Waals surface area (Å²) in [5.74, 6) is 0.537. The van der Waals surface area contributed by atoms with Crippen molar-refractivity contribution in [2.24, 2.45) is 0 Å². The number of aromatic nitrogens is 6. The molecule has 2 N–H and O–H groups in total. The number of tetrazole rings is 1. The monoisotopic (exact) mass is 220 g/mol. The van der Waals surface area contributed by atoms with E-state index in [4.69, 9.17) is 4.74 Å². The van der Waals surface area contributed by atoms with Crippen molar-refractivity contribution >= 4 is 0 Å². The van der Waals surface area contributed by atoms with Crippen molar-refractivity contribution in [1.82, 2.24) is 30.8 Å². The van der Waals surface area contributed by atoms with Gasteiger partial charge in [-0.1, -0.05) is 0 Å². The number of H-pyrrole nitrogens is 2. The Balaban J connectivity index is 1.90. The first-order chi connectivity index (χ1) is 7.88. The molecule has 84 valence electrons. The highest BCUT2D eigenvalue weighted by atomic mass is 16.5. The SMILES string of the molecule is CCOC1Cc2[nH]nc(-c3nn[nH]n3)c2C1. The predicted octanol–water partition coefficient (Wildman–Crippen LogP) is 0.0935. The Labute approximate surface area is 91.6 Å². The van der Waals surface area contributed by atoms with E-state index in [0.29, 0.717) is 5.82 Å². The molecule has 0 fully saturated rings. The predicted molar refractivity (Wildman–Crippen MR) is 54.6 cm³/mol. The van der Waals surface area contributed by atoms with Gasteiger partial charge in [0.05, 0.1) is 6.10 Å². The zero-order valence-electron chi connectivity index (χ0n) is 8.90. The Morgan fingerprint density at radius 2 is 2.31 bits per heavy atom. The molecule has 0 radical (unpaired) electrons. The summed E-state index contributed by atoms with van der Waals surface area (Å²) >= 11 is 0. The number of nitrogens with one attached hydrogen (secondary N) is 2. The van der Waals surface area contributed by atoms with E-state index in [1.165, 1.54) is 0 Å². The quantitative estimate of drug-likeness (QED) is 0.765. The van der Waals surface area contributed by atoms with Gasteiger partial charge in [-0.05, 0) is 12.1 Å². The molecule has 1 atom stereocenters. The Kier molecular flexibility index (Phi) is 2.17. The maximum absolute atomic E-state index is 5.60. The maximum Gasteiger partial charge on any atom is 0.225 e. The van der Waals surface area contributed by atoms with E-state index in [9.17, 15) is 0 Å². The van der Waals surface area contributed by atoms with Crippen molar-refractivity contribution < 1.29 is 4.74 Å². The number of ether oxygens (including phenoxy) is 1. The van der Waals surface area contributed by atoms with Crippen LogP contribution in [0, 0.1) is 0 Å². The average Bonchev–Trinajstić information content (AvgIpc) is 2.90. The van der Waals surface area contributed by atoms with Crippen LogP contribution >= 0.6 is 0 Å². The highest BCUT2D eigenvalue weighted by Crippen LogP contribution is 2.29. The normalized spacial score (nSPS) is 18.9. The van der Waals surface area contributed by atoms with Crippen molar-refractivity contribution in [2.45, 2.75) is 25.9 Å². The van der Waals surface area contributed by atoms with Gasteiger partial charge in [-0.3, -0.25) is 5.10 Å². The minimum Gasteiger partial charge on any atom is -0.378 e.